The van der Waals surface area contributed by atoms with Crippen molar-refractivity contribution < 1.29 is 4.74 Å². The fourth-order valence-corrected chi connectivity index (χ4v) is 3.04. The Bertz CT molecular complexity index is 478. The predicted octanol–water partition coefficient (Wildman–Crippen LogP) is 3.68. The number of rotatable bonds is 5. The van der Waals surface area contributed by atoms with Crippen LogP contribution < -0.4 is 10.1 Å². The van der Waals surface area contributed by atoms with Gasteiger partial charge in [0.1, 0.15) is 11.9 Å². The molecule has 0 spiro atoms. The van der Waals surface area contributed by atoms with Crippen LogP contribution in [0, 0.1) is 5.92 Å². The quantitative estimate of drug-likeness (QED) is 0.902. The Labute approximate surface area is 127 Å². The zero-order valence-corrected chi connectivity index (χ0v) is 12.4. The molecule has 2 aromatic carbocycles. The molecule has 1 saturated heterocycles. The molecule has 110 valence electrons. The van der Waals surface area contributed by atoms with E-state index in [4.69, 9.17) is 4.74 Å². The molecule has 0 radical (unpaired) electrons. The highest BCUT2D eigenvalue weighted by Gasteiger charge is 2.25. The molecule has 1 heterocycles. The minimum absolute atomic E-state index is 0.261. The smallest absolute Gasteiger partial charge is 0.119 e. The summed E-state index contributed by atoms with van der Waals surface area (Å²) in [7, 11) is 0. The Balaban J connectivity index is 1.73. The Kier molecular flexibility index (Phi) is 4.90. The van der Waals surface area contributed by atoms with E-state index in [0.29, 0.717) is 5.92 Å². The number of benzene rings is 2. The second kappa shape index (κ2) is 7.28. The van der Waals surface area contributed by atoms with Crippen molar-refractivity contribution in [3.63, 3.8) is 0 Å². The van der Waals surface area contributed by atoms with Gasteiger partial charge in [-0.25, -0.2) is 0 Å². The summed E-state index contributed by atoms with van der Waals surface area (Å²) < 4.78 is 6.33. The third-order valence-electron chi connectivity index (χ3n) is 4.22. The first-order valence-corrected chi connectivity index (χ1v) is 7.88. The van der Waals surface area contributed by atoms with E-state index in [-0.39, 0.29) is 6.10 Å². The van der Waals surface area contributed by atoms with Crippen molar-refractivity contribution in [2.75, 3.05) is 13.1 Å². The summed E-state index contributed by atoms with van der Waals surface area (Å²) in [5, 5.41) is 3.44. The molecule has 3 rings (SSSR count). The highest BCUT2D eigenvalue weighted by molar-refractivity contribution is 5.22. The molecule has 1 N–H and O–H groups in total. The maximum Gasteiger partial charge on any atom is 0.119 e. The normalized spacial score (nSPS) is 17.3. The maximum atomic E-state index is 6.33. The van der Waals surface area contributed by atoms with Crippen molar-refractivity contribution >= 4 is 0 Å². The number of nitrogens with one attached hydrogen (secondary N) is 1. The molecular weight excluding hydrogens is 258 g/mol. The van der Waals surface area contributed by atoms with Gasteiger partial charge in [0.2, 0.25) is 0 Å². The molecule has 0 aliphatic carbocycles. The Morgan fingerprint density at radius 3 is 2.19 bits per heavy atom. The van der Waals surface area contributed by atoms with Gasteiger partial charge < -0.3 is 10.1 Å². The largest absolute Gasteiger partial charge is 0.490 e. The summed E-state index contributed by atoms with van der Waals surface area (Å²) >= 11 is 0. The number of ether oxygens (including phenoxy) is 1. The first-order valence-electron chi connectivity index (χ1n) is 7.88. The Morgan fingerprint density at radius 1 is 0.905 bits per heavy atom. The topological polar surface area (TPSA) is 21.3 Å². The molecule has 1 unspecified atom stereocenters. The van der Waals surface area contributed by atoms with Crippen molar-refractivity contribution in [2.24, 2.45) is 5.92 Å². The van der Waals surface area contributed by atoms with Gasteiger partial charge in [-0.2, -0.15) is 0 Å². The SMILES string of the molecule is c1ccc(CC(Oc2ccccc2)C2CCNCC2)cc1. The number of hydrogen-bond donors (Lipinski definition) is 1. The summed E-state index contributed by atoms with van der Waals surface area (Å²) in [5.41, 5.74) is 1.36. The summed E-state index contributed by atoms with van der Waals surface area (Å²) in [6, 6.07) is 20.9. The number of hydrogen-bond acceptors (Lipinski definition) is 2. The van der Waals surface area contributed by atoms with Crippen LogP contribution in [-0.2, 0) is 6.42 Å². The minimum Gasteiger partial charge on any atom is -0.490 e. The second-order valence-electron chi connectivity index (χ2n) is 5.75. The molecule has 2 aromatic rings. The van der Waals surface area contributed by atoms with Crippen molar-refractivity contribution in [1.29, 1.82) is 0 Å². The van der Waals surface area contributed by atoms with Gasteiger partial charge in [-0.1, -0.05) is 48.5 Å². The summed E-state index contributed by atoms with van der Waals surface area (Å²) in [6.45, 7) is 2.21. The Hall–Kier alpha value is -1.80. The molecule has 1 fully saturated rings. The van der Waals surface area contributed by atoms with Crippen molar-refractivity contribution in [3.8, 4) is 5.75 Å². The highest BCUT2D eigenvalue weighted by Crippen LogP contribution is 2.24. The molecule has 1 aliphatic heterocycles. The summed E-state index contributed by atoms with van der Waals surface area (Å²) in [5.74, 6) is 1.61. The van der Waals surface area contributed by atoms with Crippen LogP contribution in [0.15, 0.2) is 60.7 Å². The average Bonchev–Trinajstić information content (AvgIpc) is 2.57. The van der Waals surface area contributed by atoms with E-state index >= 15 is 0 Å². The minimum atomic E-state index is 0.261. The van der Waals surface area contributed by atoms with Crippen LogP contribution in [-0.4, -0.2) is 19.2 Å². The fourth-order valence-electron chi connectivity index (χ4n) is 3.04. The molecule has 1 aliphatic rings. The van der Waals surface area contributed by atoms with Crippen LogP contribution in [0.3, 0.4) is 0 Å². The van der Waals surface area contributed by atoms with E-state index in [2.05, 4.69) is 47.8 Å². The molecular formula is C19H23NO. The molecule has 0 amide bonds. The highest BCUT2D eigenvalue weighted by atomic mass is 16.5. The third-order valence-corrected chi connectivity index (χ3v) is 4.22. The van der Waals surface area contributed by atoms with Crippen LogP contribution in [0.5, 0.6) is 5.75 Å². The van der Waals surface area contributed by atoms with E-state index in [1.165, 1.54) is 18.4 Å². The van der Waals surface area contributed by atoms with Gasteiger partial charge in [-0.15, -0.1) is 0 Å². The first kappa shape index (κ1) is 14.2. The van der Waals surface area contributed by atoms with Crippen molar-refractivity contribution in [3.05, 3.63) is 66.2 Å². The van der Waals surface area contributed by atoms with Crippen LogP contribution >= 0.6 is 0 Å². The van der Waals surface area contributed by atoms with Gasteiger partial charge in [0, 0.05) is 6.42 Å². The van der Waals surface area contributed by atoms with Crippen LogP contribution in [0.2, 0.25) is 0 Å². The Morgan fingerprint density at radius 2 is 1.52 bits per heavy atom. The van der Waals surface area contributed by atoms with Crippen LogP contribution in [0.1, 0.15) is 18.4 Å². The molecule has 0 saturated carbocycles. The van der Waals surface area contributed by atoms with Crippen molar-refractivity contribution in [1.82, 2.24) is 5.32 Å². The number of para-hydroxylation sites is 1. The third kappa shape index (κ3) is 4.08. The molecule has 1 atom stereocenters. The lowest BCUT2D eigenvalue weighted by molar-refractivity contribution is 0.112. The van der Waals surface area contributed by atoms with E-state index in [0.717, 1.165) is 25.3 Å². The fraction of sp³-hybridized carbons (Fsp3) is 0.368. The molecule has 0 aromatic heterocycles. The van der Waals surface area contributed by atoms with Gasteiger partial charge in [-0.3, -0.25) is 0 Å². The summed E-state index contributed by atoms with van der Waals surface area (Å²) in [4.78, 5) is 0. The van der Waals surface area contributed by atoms with E-state index < -0.39 is 0 Å². The zero-order valence-electron chi connectivity index (χ0n) is 12.4. The van der Waals surface area contributed by atoms with Gasteiger partial charge in [0.25, 0.3) is 0 Å². The van der Waals surface area contributed by atoms with E-state index in [9.17, 15) is 0 Å². The lowest BCUT2D eigenvalue weighted by Gasteiger charge is -2.31. The zero-order chi connectivity index (χ0) is 14.3. The lowest BCUT2D eigenvalue weighted by Crippen LogP contribution is -2.38. The van der Waals surface area contributed by atoms with Crippen LogP contribution in [0.25, 0.3) is 0 Å². The second-order valence-corrected chi connectivity index (χ2v) is 5.75. The average molecular weight is 281 g/mol. The van der Waals surface area contributed by atoms with E-state index in [1.54, 1.807) is 0 Å². The monoisotopic (exact) mass is 281 g/mol. The van der Waals surface area contributed by atoms with E-state index in [1.807, 2.05) is 18.2 Å². The molecule has 0 bridgehead atoms. The molecule has 2 nitrogen and oxygen atoms in total. The van der Waals surface area contributed by atoms with Gasteiger partial charge in [0.15, 0.2) is 0 Å². The lowest BCUT2D eigenvalue weighted by atomic mass is 9.88. The van der Waals surface area contributed by atoms with Crippen molar-refractivity contribution in [2.45, 2.75) is 25.4 Å². The maximum absolute atomic E-state index is 6.33. The summed E-state index contributed by atoms with van der Waals surface area (Å²) in [6.07, 6.45) is 3.65. The van der Waals surface area contributed by atoms with Gasteiger partial charge >= 0.3 is 0 Å². The first-order chi connectivity index (χ1) is 10.4. The van der Waals surface area contributed by atoms with Gasteiger partial charge in [-0.05, 0) is 49.5 Å². The molecule has 21 heavy (non-hydrogen) atoms. The number of piperidine rings is 1. The standard InChI is InChI=1S/C19H23NO/c1-3-7-16(8-4-1)15-19(17-11-13-20-14-12-17)21-18-9-5-2-6-10-18/h1-10,17,19-20H,11-15H2. The van der Waals surface area contributed by atoms with Crippen LogP contribution in [0.4, 0.5) is 0 Å². The van der Waals surface area contributed by atoms with Gasteiger partial charge in [0.05, 0.1) is 0 Å². The predicted molar refractivity (Wildman–Crippen MR) is 86.6 cm³/mol. The molecule has 2 heteroatoms.